The van der Waals surface area contributed by atoms with Crippen LogP contribution in [0.25, 0.3) is 0 Å². The standard InChI is InChI=1S/C15H15ClN2O2/c16-11-4-1-3-10(9-11)14(18-17)12-5-2-6-13-15(12)20-8-7-19-13/h1-6,9,14,18H,7-8,17H2. The van der Waals surface area contributed by atoms with Crippen molar-refractivity contribution >= 4 is 11.6 Å². The van der Waals surface area contributed by atoms with E-state index >= 15 is 0 Å². The van der Waals surface area contributed by atoms with Gasteiger partial charge >= 0.3 is 0 Å². The van der Waals surface area contributed by atoms with Crippen LogP contribution in [0.5, 0.6) is 11.5 Å². The minimum atomic E-state index is -0.203. The number of halogens is 1. The van der Waals surface area contributed by atoms with Crippen molar-refractivity contribution in [3.05, 3.63) is 58.6 Å². The summed E-state index contributed by atoms with van der Waals surface area (Å²) in [6.45, 7) is 1.10. The highest BCUT2D eigenvalue weighted by Gasteiger charge is 2.22. The lowest BCUT2D eigenvalue weighted by Crippen LogP contribution is -2.30. The zero-order valence-corrected chi connectivity index (χ0v) is 11.6. The summed E-state index contributed by atoms with van der Waals surface area (Å²) < 4.78 is 11.3. The van der Waals surface area contributed by atoms with Gasteiger partial charge in [0.05, 0.1) is 6.04 Å². The minimum Gasteiger partial charge on any atom is -0.486 e. The molecule has 2 aromatic rings. The van der Waals surface area contributed by atoms with E-state index in [2.05, 4.69) is 5.43 Å². The van der Waals surface area contributed by atoms with Crippen LogP contribution in [0.2, 0.25) is 5.02 Å². The van der Waals surface area contributed by atoms with Crippen LogP contribution in [0.1, 0.15) is 17.2 Å². The number of nitrogens with one attached hydrogen (secondary N) is 1. The lowest BCUT2D eigenvalue weighted by molar-refractivity contribution is 0.169. The summed E-state index contributed by atoms with van der Waals surface area (Å²) in [6.07, 6.45) is 0. The fourth-order valence-corrected chi connectivity index (χ4v) is 2.57. The van der Waals surface area contributed by atoms with E-state index in [4.69, 9.17) is 26.9 Å². The molecule has 5 heteroatoms. The maximum atomic E-state index is 6.05. The number of fused-ring (bicyclic) bond motifs is 1. The molecule has 1 atom stereocenters. The lowest BCUT2D eigenvalue weighted by atomic mass is 9.98. The first kappa shape index (κ1) is 13.2. The minimum absolute atomic E-state index is 0.203. The van der Waals surface area contributed by atoms with Gasteiger partial charge in [0, 0.05) is 10.6 Å². The number of hydrazine groups is 1. The van der Waals surface area contributed by atoms with E-state index in [9.17, 15) is 0 Å². The van der Waals surface area contributed by atoms with Crippen LogP contribution >= 0.6 is 11.6 Å². The fourth-order valence-electron chi connectivity index (χ4n) is 2.38. The second-order valence-corrected chi connectivity index (χ2v) is 4.96. The van der Waals surface area contributed by atoms with Crippen LogP contribution in [0.3, 0.4) is 0 Å². The molecule has 4 nitrogen and oxygen atoms in total. The van der Waals surface area contributed by atoms with Crippen molar-refractivity contribution in [2.24, 2.45) is 5.84 Å². The highest BCUT2D eigenvalue weighted by Crippen LogP contribution is 2.39. The quantitative estimate of drug-likeness (QED) is 0.674. The Kier molecular flexibility index (Phi) is 3.78. The molecule has 0 radical (unpaired) electrons. The molecule has 0 fully saturated rings. The molecule has 0 aliphatic carbocycles. The molecule has 0 amide bonds. The third-order valence-corrected chi connectivity index (χ3v) is 3.49. The first-order chi connectivity index (χ1) is 9.79. The van der Waals surface area contributed by atoms with Crippen LogP contribution in [-0.2, 0) is 0 Å². The van der Waals surface area contributed by atoms with E-state index in [1.54, 1.807) is 0 Å². The maximum absolute atomic E-state index is 6.05. The number of para-hydroxylation sites is 1. The third kappa shape index (κ3) is 2.45. The smallest absolute Gasteiger partial charge is 0.166 e. The topological polar surface area (TPSA) is 56.5 Å². The number of benzene rings is 2. The molecule has 0 aromatic heterocycles. The normalized spacial score (nSPS) is 14.9. The molecule has 1 unspecified atom stereocenters. The third-order valence-electron chi connectivity index (χ3n) is 3.26. The van der Waals surface area contributed by atoms with Gasteiger partial charge < -0.3 is 9.47 Å². The molecule has 3 rings (SSSR count). The van der Waals surface area contributed by atoms with E-state index in [0.717, 1.165) is 22.6 Å². The second-order valence-electron chi connectivity index (χ2n) is 4.53. The van der Waals surface area contributed by atoms with Crippen LogP contribution < -0.4 is 20.7 Å². The van der Waals surface area contributed by atoms with Crippen molar-refractivity contribution in [3.63, 3.8) is 0 Å². The Morgan fingerprint density at radius 2 is 1.90 bits per heavy atom. The highest BCUT2D eigenvalue weighted by molar-refractivity contribution is 6.30. The molecule has 2 aromatic carbocycles. The van der Waals surface area contributed by atoms with Gasteiger partial charge in [-0.25, -0.2) is 5.43 Å². The Labute approximate surface area is 122 Å². The molecule has 1 aliphatic heterocycles. The van der Waals surface area contributed by atoms with E-state index < -0.39 is 0 Å². The Hall–Kier alpha value is -1.75. The Morgan fingerprint density at radius 3 is 2.70 bits per heavy atom. The van der Waals surface area contributed by atoms with Gasteiger partial charge in [-0.05, 0) is 23.8 Å². The summed E-state index contributed by atoms with van der Waals surface area (Å²) in [5, 5.41) is 0.671. The SMILES string of the molecule is NNC(c1cccc(Cl)c1)c1cccc2c1OCCO2. The maximum Gasteiger partial charge on any atom is 0.166 e. The first-order valence-electron chi connectivity index (χ1n) is 6.39. The monoisotopic (exact) mass is 290 g/mol. The van der Waals surface area contributed by atoms with Crippen molar-refractivity contribution in [1.29, 1.82) is 0 Å². The van der Waals surface area contributed by atoms with Gasteiger partial charge in [0.1, 0.15) is 13.2 Å². The summed E-state index contributed by atoms with van der Waals surface area (Å²) in [7, 11) is 0. The first-order valence-corrected chi connectivity index (χ1v) is 6.77. The number of nitrogens with two attached hydrogens (primary N) is 1. The molecule has 0 saturated carbocycles. The fraction of sp³-hybridized carbons (Fsp3) is 0.200. The van der Waals surface area contributed by atoms with Gasteiger partial charge in [0.2, 0.25) is 0 Å². The zero-order chi connectivity index (χ0) is 13.9. The number of rotatable bonds is 3. The van der Waals surface area contributed by atoms with Crippen molar-refractivity contribution in [2.75, 3.05) is 13.2 Å². The second kappa shape index (κ2) is 5.71. The van der Waals surface area contributed by atoms with Crippen molar-refractivity contribution < 1.29 is 9.47 Å². The predicted molar refractivity (Wildman–Crippen MR) is 78.1 cm³/mol. The molecule has 104 valence electrons. The van der Waals surface area contributed by atoms with Gasteiger partial charge in [0.15, 0.2) is 11.5 Å². The van der Waals surface area contributed by atoms with E-state index in [0.29, 0.717) is 18.2 Å². The highest BCUT2D eigenvalue weighted by atomic mass is 35.5. The summed E-state index contributed by atoms with van der Waals surface area (Å²) in [4.78, 5) is 0. The predicted octanol–water partition coefficient (Wildman–Crippen LogP) is 2.66. The van der Waals surface area contributed by atoms with E-state index in [-0.39, 0.29) is 6.04 Å². The van der Waals surface area contributed by atoms with Crippen molar-refractivity contribution in [2.45, 2.75) is 6.04 Å². The van der Waals surface area contributed by atoms with Crippen LogP contribution in [-0.4, -0.2) is 13.2 Å². The summed E-state index contributed by atoms with van der Waals surface area (Å²) in [5.74, 6) is 7.21. The molecular formula is C15H15ClN2O2. The van der Waals surface area contributed by atoms with Gasteiger partial charge in [-0.3, -0.25) is 5.84 Å². The van der Waals surface area contributed by atoms with Gasteiger partial charge in [0.25, 0.3) is 0 Å². The number of hydrogen-bond donors (Lipinski definition) is 2. The van der Waals surface area contributed by atoms with Gasteiger partial charge in [-0.1, -0.05) is 35.9 Å². The van der Waals surface area contributed by atoms with Crippen LogP contribution in [0, 0.1) is 0 Å². The molecule has 20 heavy (non-hydrogen) atoms. The summed E-state index contributed by atoms with van der Waals surface area (Å²) in [5.41, 5.74) is 4.73. The largest absolute Gasteiger partial charge is 0.486 e. The molecule has 0 spiro atoms. The van der Waals surface area contributed by atoms with E-state index in [1.165, 1.54) is 0 Å². The molecule has 0 bridgehead atoms. The van der Waals surface area contributed by atoms with E-state index in [1.807, 2.05) is 42.5 Å². The molecule has 1 heterocycles. The zero-order valence-electron chi connectivity index (χ0n) is 10.8. The molecule has 0 saturated heterocycles. The van der Waals surface area contributed by atoms with Crippen molar-refractivity contribution in [1.82, 2.24) is 5.43 Å². The Morgan fingerprint density at radius 1 is 1.10 bits per heavy atom. The average Bonchev–Trinajstić information content (AvgIpc) is 2.48. The summed E-state index contributed by atoms with van der Waals surface area (Å²) >= 11 is 6.05. The Balaban J connectivity index is 2.06. The lowest BCUT2D eigenvalue weighted by Gasteiger charge is -2.25. The van der Waals surface area contributed by atoms with Gasteiger partial charge in [-0.15, -0.1) is 0 Å². The molecule has 3 N–H and O–H groups in total. The van der Waals surface area contributed by atoms with Crippen molar-refractivity contribution in [3.8, 4) is 11.5 Å². The Bertz CT molecular complexity index is 619. The van der Waals surface area contributed by atoms with Gasteiger partial charge in [-0.2, -0.15) is 0 Å². The molecule has 1 aliphatic rings. The number of ether oxygens (including phenoxy) is 2. The average molecular weight is 291 g/mol. The summed E-state index contributed by atoms with van der Waals surface area (Å²) in [6, 6.07) is 13.2. The molecular weight excluding hydrogens is 276 g/mol. The van der Waals surface area contributed by atoms with Crippen LogP contribution in [0.15, 0.2) is 42.5 Å². The number of hydrogen-bond acceptors (Lipinski definition) is 4. The van der Waals surface area contributed by atoms with Crippen LogP contribution in [0.4, 0.5) is 0 Å².